The van der Waals surface area contributed by atoms with E-state index in [-0.39, 0.29) is 11.6 Å². The molecule has 1 aliphatic rings. The third kappa shape index (κ3) is 2.03. The van der Waals surface area contributed by atoms with E-state index in [2.05, 4.69) is 4.98 Å². The van der Waals surface area contributed by atoms with Crippen LogP contribution in [0.4, 0.5) is 4.39 Å². The number of ether oxygens (including phenoxy) is 1. The topological polar surface area (TPSA) is 29.9 Å². The van der Waals surface area contributed by atoms with Gasteiger partial charge in [0.2, 0.25) is 0 Å². The molecule has 1 fully saturated rings. The Morgan fingerprint density at radius 2 is 2.28 bits per heavy atom. The molecule has 5 heteroatoms. The lowest BCUT2D eigenvalue weighted by atomic mass is 10.2. The summed E-state index contributed by atoms with van der Waals surface area (Å²) in [7, 11) is 1.47. The summed E-state index contributed by atoms with van der Waals surface area (Å²) in [4.78, 5) is 3.05. The second-order valence-electron chi connectivity index (χ2n) is 4.82. The maximum atomic E-state index is 13.6. The van der Waals surface area contributed by atoms with Crippen LogP contribution in [-0.4, -0.2) is 16.7 Å². The van der Waals surface area contributed by atoms with E-state index >= 15 is 0 Å². The molecule has 0 radical (unpaired) electrons. The smallest absolute Gasteiger partial charge is 0.178 e. The molecule has 3 nitrogen and oxygen atoms in total. The monoisotopic (exact) mass is 266 g/mol. The van der Waals surface area contributed by atoms with E-state index in [1.54, 1.807) is 6.07 Å². The summed E-state index contributed by atoms with van der Waals surface area (Å²) in [6.07, 6.45) is 3.79. The highest BCUT2D eigenvalue weighted by molar-refractivity contribution is 7.71. The molecule has 0 atom stereocenters. The quantitative estimate of drug-likeness (QED) is 0.856. The molecule has 18 heavy (non-hydrogen) atoms. The number of benzene rings is 1. The molecule has 0 unspecified atom stereocenters. The van der Waals surface area contributed by atoms with Crippen LogP contribution in [0.25, 0.3) is 11.0 Å². The summed E-state index contributed by atoms with van der Waals surface area (Å²) in [5.41, 5.74) is 1.65. The van der Waals surface area contributed by atoms with Gasteiger partial charge in [-0.1, -0.05) is 12.8 Å². The highest BCUT2D eigenvalue weighted by atomic mass is 32.1. The van der Waals surface area contributed by atoms with Crippen molar-refractivity contribution in [2.24, 2.45) is 5.92 Å². The van der Waals surface area contributed by atoms with E-state index in [4.69, 9.17) is 17.0 Å². The molecule has 1 saturated carbocycles. The SMILES string of the molecule is COc1cc2c(cc1F)[nH]c(=S)n2CCC1CC1. The van der Waals surface area contributed by atoms with Crippen LogP contribution in [0.2, 0.25) is 0 Å². The molecule has 1 heterocycles. The number of halogens is 1. The number of hydrogen-bond acceptors (Lipinski definition) is 2. The van der Waals surface area contributed by atoms with Crippen LogP contribution in [0.3, 0.4) is 0 Å². The molecule has 0 aliphatic heterocycles. The lowest BCUT2D eigenvalue weighted by Gasteiger charge is -2.06. The van der Waals surface area contributed by atoms with Crippen LogP contribution in [0.5, 0.6) is 5.75 Å². The third-order valence-electron chi connectivity index (χ3n) is 3.51. The van der Waals surface area contributed by atoms with Crippen molar-refractivity contribution >= 4 is 23.3 Å². The molecule has 0 amide bonds. The minimum Gasteiger partial charge on any atom is -0.494 e. The number of rotatable bonds is 4. The van der Waals surface area contributed by atoms with Crippen molar-refractivity contribution in [2.75, 3.05) is 7.11 Å². The van der Waals surface area contributed by atoms with Gasteiger partial charge in [0.15, 0.2) is 16.3 Å². The van der Waals surface area contributed by atoms with E-state index in [1.165, 1.54) is 26.0 Å². The van der Waals surface area contributed by atoms with Gasteiger partial charge in [-0.15, -0.1) is 0 Å². The Labute approximate surface area is 110 Å². The van der Waals surface area contributed by atoms with Gasteiger partial charge in [-0.25, -0.2) is 4.39 Å². The van der Waals surface area contributed by atoms with Gasteiger partial charge in [0, 0.05) is 18.7 Å². The summed E-state index contributed by atoms with van der Waals surface area (Å²) in [5.74, 6) is 0.742. The number of fused-ring (bicyclic) bond motifs is 1. The second kappa shape index (κ2) is 4.39. The van der Waals surface area contributed by atoms with Gasteiger partial charge < -0.3 is 14.3 Å². The average molecular weight is 266 g/mol. The number of methoxy groups -OCH3 is 1. The van der Waals surface area contributed by atoms with E-state index in [0.29, 0.717) is 4.77 Å². The van der Waals surface area contributed by atoms with Gasteiger partial charge >= 0.3 is 0 Å². The largest absolute Gasteiger partial charge is 0.494 e. The van der Waals surface area contributed by atoms with Crippen LogP contribution in [-0.2, 0) is 6.54 Å². The standard InChI is InChI=1S/C13H15FN2OS/c1-17-12-7-11-10(6-9(12)14)15-13(18)16(11)5-4-8-2-3-8/h6-8H,2-5H2,1H3,(H,15,18). The lowest BCUT2D eigenvalue weighted by molar-refractivity contribution is 0.387. The van der Waals surface area contributed by atoms with Crippen LogP contribution in [0.1, 0.15) is 19.3 Å². The van der Waals surface area contributed by atoms with Crippen molar-refractivity contribution in [1.29, 1.82) is 0 Å². The van der Waals surface area contributed by atoms with Gasteiger partial charge in [-0.2, -0.15) is 0 Å². The first-order chi connectivity index (χ1) is 8.69. The molecule has 1 N–H and O–H groups in total. The van der Waals surface area contributed by atoms with Crippen molar-refractivity contribution in [2.45, 2.75) is 25.8 Å². The van der Waals surface area contributed by atoms with E-state index < -0.39 is 0 Å². The first-order valence-corrected chi connectivity index (χ1v) is 6.56. The number of aromatic amines is 1. The molecule has 1 aliphatic carbocycles. The summed E-state index contributed by atoms with van der Waals surface area (Å²) in [5, 5.41) is 0. The lowest BCUT2D eigenvalue weighted by Crippen LogP contribution is -1.99. The Kier molecular flexibility index (Phi) is 2.86. The number of H-pyrrole nitrogens is 1. The molecule has 1 aromatic heterocycles. The van der Waals surface area contributed by atoms with Crippen molar-refractivity contribution in [3.63, 3.8) is 0 Å². The molecular weight excluding hydrogens is 251 g/mol. The van der Waals surface area contributed by atoms with E-state index in [0.717, 1.165) is 29.9 Å². The summed E-state index contributed by atoms with van der Waals surface area (Å²) >= 11 is 5.29. The predicted molar refractivity (Wildman–Crippen MR) is 71.0 cm³/mol. The van der Waals surface area contributed by atoms with Crippen LogP contribution in [0.15, 0.2) is 12.1 Å². The molecule has 0 bridgehead atoms. The first kappa shape index (κ1) is 11.7. The number of nitrogens with one attached hydrogen (secondary N) is 1. The number of hydrogen-bond donors (Lipinski definition) is 1. The van der Waals surface area contributed by atoms with Crippen LogP contribution in [0, 0.1) is 16.5 Å². The van der Waals surface area contributed by atoms with Crippen molar-refractivity contribution in [1.82, 2.24) is 9.55 Å². The van der Waals surface area contributed by atoms with Crippen LogP contribution >= 0.6 is 12.2 Å². The van der Waals surface area contributed by atoms with Gasteiger partial charge in [0.1, 0.15) is 0 Å². The number of nitrogens with zero attached hydrogens (tertiary/aromatic N) is 1. The van der Waals surface area contributed by atoms with Crippen molar-refractivity contribution < 1.29 is 9.13 Å². The molecular formula is C13H15FN2OS. The Morgan fingerprint density at radius 1 is 1.50 bits per heavy atom. The second-order valence-corrected chi connectivity index (χ2v) is 5.20. The van der Waals surface area contributed by atoms with Gasteiger partial charge in [-0.05, 0) is 24.6 Å². The van der Waals surface area contributed by atoms with Crippen LogP contribution < -0.4 is 4.74 Å². The fourth-order valence-corrected chi connectivity index (χ4v) is 2.55. The molecule has 1 aromatic carbocycles. The zero-order valence-corrected chi connectivity index (χ0v) is 11.0. The summed E-state index contributed by atoms with van der Waals surface area (Å²) < 4.78 is 21.3. The molecule has 3 rings (SSSR count). The Morgan fingerprint density at radius 3 is 2.94 bits per heavy atom. The Bertz CT molecular complexity index is 642. The Balaban J connectivity index is 2.05. The maximum absolute atomic E-state index is 13.6. The third-order valence-corrected chi connectivity index (χ3v) is 3.83. The van der Waals surface area contributed by atoms with E-state index in [1.807, 2.05) is 4.57 Å². The minimum atomic E-state index is -0.365. The van der Waals surface area contributed by atoms with E-state index in [9.17, 15) is 4.39 Å². The number of aryl methyl sites for hydroxylation is 1. The van der Waals surface area contributed by atoms with Gasteiger partial charge in [0.05, 0.1) is 18.1 Å². The highest BCUT2D eigenvalue weighted by Crippen LogP contribution is 2.33. The average Bonchev–Trinajstić information content (AvgIpc) is 3.11. The molecule has 0 spiro atoms. The highest BCUT2D eigenvalue weighted by Gasteiger charge is 2.21. The summed E-state index contributed by atoms with van der Waals surface area (Å²) in [6, 6.07) is 3.15. The summed E-state index contributed by atoms with van der Waals surface area (Å²) in [6.45, 7) is 0.887. The normalized spacial score (nSPS) is 15.2. The number of imidazole rings is 1. The molecule has 0 saturated heterocycles. The van der Waals surface area contributed by atoms with Crippen molar-refractivity contribution in [3.8, 4) is 5.75 Å². The molecule has 2 aromatic rings. The fraction of sp³-hybridized carbons (Fsp3) is 0.462. The van der Waals surface area contributed by atoms with Gasteiger partial charge in [0.25, 0.3) is 0 Å². The fourth-order valence-electron chi connectivity index (χ4n) is 2.25. The number of aromatic nitrogens is 2. The maximum Gasteiger partial charge on any atom is 0.178 e. The van der Waals surface area contributed by atoms with Gasteiger partial charge in [-0.3, -0.25) is 0 Å². The molecule has 96 valence electrons. The first-order valence-electron chi connectivity index (χ1n) is 6.15. The Hall–Kier alpha value is -1.36. The zero-order valence-electron chi connectivity index (χ0n) is 10.2. The zero-order chi connectivity index (χ0) is 12.7. The minimum absolute atomic E-state index is 0.261. The predicted octanol–water partition coefficient (Wildman–Crippen LogP) is 3.65. The van der Waals surface area contributed by atoms with Crippen molar-refractivity contribution in [3.05, 3.63) is 22.7 Å².